The second kappa shape index (κ2) is 8.65. The average Bonchev–Trinajstić information content (AvgIpc) is 2.60. The minimum atomic E-state index is -0.190. The maximum Gasteiger partial charge on any atom is 0.217 e. The number of hydrogen-bond acceptors (Lipinski definition) is 5. The number of ether oxygens (including phenoxy) is 1. The Morgan fingerprint density at radius 1 is 1.12 bits per heavy atom. The zero-order chi connectivity index (χ0) is 17.6. The lowest BCUT2D eigenvalue weighted by molar-refractivity contribution is -0.119. The molecule has 0 bridgehead atoms. The number of hydrogen-bond donors (Lipinski definition) is 2. The van der Waals surface area contributed by atoms with Gasteiger partial charge in [0.25, 0.3) is 0 Å². The summed E-state index contributed by atoms with van der Waals surface area (Å²) in [6.07, 6.45) is 2.57. The van der Waals surface area contributed by atoms with E-state index in [2.05, 4.69) is 15.9 Å². The van der Waals surface area contributed by atoms with Gasteiger partial charge < -0.3 is 15.6 Å². The highest BCUT2D eigenvalue weighted by atomic mass is 16.5. The van der Waals surface area contributed by atoms with Crippen LogP contribution in [0.2, 0.25) is 0 Å². The Balaban J connectivity index is 1.54. The van der Waals surface area contributed by atoms with Crippen molar-refractivity contribution in [3.8, 4) is 5.75 Å². The number of nitrogens with zero attached hydrogens (tertiary/aromatic N) is 2. The normalized spacial score (nSPS) is 20.6. The third-order valence-electron chi connectivity index (χ3n) is 5.24. The van der Waals surface area contributed by atoms with Crippen molar-refractivity contribution in [3.63, 3.8) is 0 Å². The molecule has 0 aromatic heterocycles. The zero-order valence-electron chi connectivity index (χ0n) is 14.8. The van der Waals surface area contributed by atoms with E-state index >= 15 is 0 Å². The Bertz CT molecular complexity index is 579. The third kappa shape index (κ3) is 5.42. The van der Waals surface area contributed by atoms with Gasteiger partial charge in [-0.15, -0.1) is 0 Å². The van der Waals surface area contributed by atoms with Gasteiger partial charge in [0.1, 0.15) is 5.75 Å². The van der Waals surface area contributed by atoms with Gasteiger partial charge in [-0.25, -0.2) is 0 Å². The molecule has 1 aromatic carbocycles. The van der Waals surface area contributed by atoms with Gasteiger partial charge in [0.05, 0.1) is 13.2 Å². The van der Waals surface area contributed by atoms with E-state index in [1.165, 1.54) is 5.56 Å². The number of phenolic OH excluding ortho intramolecular Hbond substituents is 1. The third-order valence-corrected chi connectivity index (χ3v) is 5.24. The van der Waals surface area contributed by atoms with E-state index in [4.69, 9.17) is 10.5 Å². The van der Waals surface area contributed by atoms with Crippen LogP contribution < -0.4 is 5.73 Å². The van der Waals surface area contributed by atoms with E-state index in [1.807, 2.05) is 12.1 Å². The van der Waals surface area contributed by atoms with E-state index in [0.717, 1.165) is 70.9 Å². The fourth-order valence-electron chi connectivity index (χ4n) is 3.76. The molecule has 2 heterocycles. The number of amides is 1. The van der Waals surface area contributed by atoms with Crippen LogP contribution in [0, 0.1) is 5.92 Å². The minimum Gasteiger partial charge on any atom is -0.508 e. The van der Waals surface area contributed by atoms with Crippen LogP contribution in [-0.4, -0.2) is 60.2 Å². The van der Waals surface area contributed by atoms with Gasteiger partial charge in [0.15, 0.2) is 0 Å². The van der Waals surface area contributed by atoms with Gasteiger partial charge in [-0.1, -0.05) is 6.07 Å². The molecule has 0 saturated carbocycles. The number of phenols is 1. The summed E-state index contributed by atoms with van der Waals surface area (Å²) in [6, 6.07) is 5.94. The molecule has 0 radical (unpaired) electrons. The van der Waals surface area contributed by atoms with Crippen LogP contribution in [0.1, 0.15) is 30.4 Å². The number of carbonyl (C=O) groups is 1. The highest BCUT2D eigenvalue weighted by molar-refractivity contribution is 5.73. The molecular formula is C19H29N3O3. The van der Waals surface area contributed by atoms with Crippen LogP contribution >= 0.6 is 0 Å². The molecule has 0 aliphatic carbocycles. The first-order chi connectivity index (χ1) is 12.1. The molecule has 2 aliphatic rings. The standard InChI is InChI=1S/C19H29N3O3/c20-19(24)12-15-3-5-21(6-4-15)13-16-1-2-18(23)17(11-16)14-22-7-9-25-10-8-22/h1-2,11,15,23H,3-10,12-14H2,(H2,20,24). The predicted octanol–water partition coefficient (Wildman–Crippen LogP) is 1.31. The van der Waals surface area contributed by atoms with E-state index in [0.29, 0.717) is 18.1 Å². The Morgan fingerprint density at radius 3 is 2.48 bits per heavy atom. The number of nitrogens with two attached hydrogens (primary N) is 1. The van der Waals surface area contributed by atoms with Gasteiger partial charge in [0.2, 0.25) is 5.91 Å². The fourth-order valence-corrected chi connectivity index (χ4v) is 3.76. The van der Waals surface area contributed by atoms with Crippen LogP contribution in [0.3, 0.4) is 0 Å². The largest absolute Gasteiger partial charge is 0.508 e. The number of aromatic hydroxyl groups is 1. The van der Waals surface area contributed by atoms with Crippen molar-refractivity contribution in [1.29, 1.82) is 0 Å². The molecule has 1 aromatic rings. The van der Waals surface area contributed by atoms with E-state index in [9.17, 15) is 9.90 Å². The van der Waals surface area contributed by atoms with Crippen LogP contribution in [-0.2, 0) is 22.6 Å². The lowest BCUT2D eigenvalue weighted by Gasteiger charge is -2.31. The maximum atomic E-state index is 11.0. The molecule has 0 spiro atoms. The Labute approximate surface area is 149 Å². The van der Waals surface area contributed by atoms with Crippen molar-refractivity contribution in [1.82, 2.24) is 9.80 Å². The van der Waals surface area contributed by atoms with Crippen molar-refractivity contribution in [2.45, 2.75) is 32.4 Å². The van der Waals surface area contributed by atoms with Crippen molar-refractivity contribution >= 4 is 5.91 Å². The second-order valence-corrected chi connectivity index (χ2v) is 7.24. The Morgan fingerprint density at radius 2 is 1.80 bits per heavy atom. The fraction of sp³-hybridized carbons (Fsp3) is 0.632. The molecule has 3 rings (SSSR count). The summed E-state index contributed by atoms with van der Waals surface area (Å²) < 4.78 is 5.38. The van der Waals surface area contributed by atoms with Gasteiger partial charge in [0, 0.05) is 38.2 Å². The smallest absolute Gasteiger partial charge is 0.217 e. The van der Waals surface area contributed by atoms with Gasteiger partial charge in [-0.2, -0.15) is 0 Å². The molecule has 138 valence electrons. The minimum absolute atomic E-state index is 0.190. The summed E-state index contributed by atoms with van der Waals surface area (Å²) >= 11 is 0. The summed E-state index contributed by atoms with van der Waals surface area (Å²) in [5.41, 5.74) is 7.52. The number of likely N-dealkylation sites (tertiary alicyclic amines) is 1. The topological polar surface area (TPSA) is 79.0 Å². The number of benzene rings is 1. The average molecular weight is 347 g/mol. The van der Waals surface area contributed by atoms with Gasteiger partial charge in [-0.3, -0.25) is 14.6 Å². The SMILES string of the molecule is NC(=O)CC1CCN(Cc2ccc(O)c(CN3CCOCC3)c2)CC1. The first kappa shape index (κ1) is 18.2. The van der Waals surface area contributed by atoms with Crippen LogP contribution in [0.5, 0.6) is 5.75 Å². The summed E-state index contributed by atoms with van der Waals surface area (Å²) in [6.45, 7) is 7.01. The molecule has 2 fully saturated rings. The summed E-state index contributed by atoms with van der Waals surface area (Å²) in [5, 5.41) is 10.2. The summed E-state index contributed by atoms with van der Waals surface area (Å²) in [4.78, 5) is 15.8. The van der Waals surface area contributed by atoms with Crippen LogP contribution in [0.25, 0.3) is 0 Å². The summed E-state index contributed by atoms with van der Waals surface area (Å²) in [5.74, 6) is 0.616. The molecule has 2 saturated heterocycles. The molecule has 2 aliphatic heterocycles. The lowest BCUT2D eigenvalue weighted by Crippen LogP contribution is -2.36. The highest BCUT2D eigenvalue weighted by Gasteiger charge is 2.21. The van der Waals surface area contributed by atoms with E-state index in [-0.39, 0.29) is 5.91 Å². The Hall–Kier alpha value is -1.63. The zero-order valence-corrected chi connectivity index (χ0v) is 14.8. The molecule has 3 N–H and O–H groups in total. The molecule has 6 heteroatoms. The molecule has 0 unspecified atom stereocenters. The molecule has 1 amide bonds. The van der Waals surface area contributed by atoms with Crippen molar-refractivity contribution in [3.05, 3.63) is 29.3 Å². The molecular weight excluding hydrogens is 318 g/mol. The first-order valence-corrected chi connectivity index (χ1v) is 9.21. The highest BCUT2D eigenvalue weighted by Crippen LogP contribution is 2.24. The monoisotopic (exact) mass is 347 g/mol. The molecule has 0 atom stereocenters. The van der Waals surface area contributed by atoms with E-state index < -0.39 is 0 Å². The second-order valence-electron chi connectivity index (χ2n) is 7.24. The number of carbonyl (C=O) groups excluding carboxylic acids is 1. The van der Waals surface area contributed by atoms with Crippen molar-refractivity contribution < 1.29 is 14.6 Å². The maximum absolute atomic E-state index is 11.0. The number of primary amides is 1. The van der Waals surface area contributed by atoms with E-state index in [1.54, 1.807) is 0 Å². The van der Waals surface area contributed by atoms with Crippen molar-refractivity contribution in [2.24, 2.45) is 11.7 Å². The number of rotatable bonds is 6. The number of morpholine rings is 1. The lowest BCUT2D eigenvalue weighted by atomic mass is 9.93. The number of piperidine rings is 1. The summed E-state index contributed by atoms with van der Waals surface area (Å²) in [7, 11) is 0. The quantitative estimate of drug-likeness (QED) is 0.811. The molecule has 6 nitrogen and oxygen atoms in total. The van der Waals surface area contributed by atoms with Gasteiger partial charge >= 0.3 is 0 Å². The van der Waals surface area contributed by atoms with Crippen LogP contribution in [0.4, 0.5) is 0 Å². The predicted molar refractivity (Wildman–Crippen MR) is 96.0 cm³/mol. The first-order valence-electron chi connectivity index (χ1n) is 9.21. The molecule has 25 heavy (non-hydrogen) atoms. The Kier molecular flexibility index (Phi) is 6.29. The van der Waals surface area contributed by atoms with Crippen LogP contribution in [0.15, 0.2) is 18.2 Å². The van der Waals surface area contributed by atoms with Crippen molar-refractivity contribution in [2.75, 3.05) is 39.4 Å². The van der Waals surface area contributed by atoms with Gasteiger partial charge in [-0.05, 0) is 49.5 Å².